The molecule has 1 N–H and O–H groups in total. The first-order valence-corrected chi connectivity index (χ1v) is 8.11. The minimum atomic E-state index is 0.503. The minimum absolute atomic E-state index is 0.503. The number of anilines is 1. The highest BCUT2D eigenvalue weighted by atomic mass is 15.2. The second kappa shape index (κ2) is 9.76. The SMILES string of the molecule is CCCCN(CCCC)c1ncccc1CNC(C)C. The fraction of sp³-hybridized carbons (Fsp3) is 0.706. The van der Waals surface area contributed by atoms with Crippen LogP contribution in [0, 0.1) is 0 Å². The minimum Gasteiger partial charge on any atom is -0.356 e. The summed E-state index contributed by atoms with van der Waals surface area (Å²) in [4.78, 5) is 7.11. The molecular weight excluding hydrogens is 246 g/mol. The van der Waals surface area contributed by atoms with Gasteiger partial charge in [-0.05, 0) is 18.9 Å². The number of unbranched alkanes of at least 4 members (excludes halogenated alkanes) is 2. The molecule has 0 aromatic carbocycles. The van der Waals surface area contributed by atoms with Crippen molar-refractivity contribution in [1.29, 1.82) is 0 Å². The normalized spacial score (nSPS) is 11.1. The Balaban J connectivity index is 2.81. The van der Waals surface area contributed by atoms with E-state index < -0.39 is 0 Å². The molecule has 0 unspecified atom stereocenters. The van der Waals surface area contributed by atoms with Gasteiger partial charge in [-0.3, -0.25) is 0 Å². The molecule has 0 aliphatic carbocycles. The first kappa shape index (κ1) is 17.0. The molecule has 0 bridgehead atoms. The third-order valence-electron chi connectivity index (χ3n) is 3.43. The largest absolute Gasteiger partial charge is 0.356 e. The first-order valence-electron chi connectivity index (χ1n) is 8.11. The summed E-state index contributed by atoms with van der Waals surface area (Å²) in [6.45, 7) is 12.0. The monoisotopic (exact) mass is 277 g/mol. The lowest BCUT2D eigenvalue weighted by Crippen LogP contribution is -2.29. The molecule has 1 rings (SSSR count). The van der Waals surface area contributed by atoms with Crippen molar-refractivity contribution in [2.75, 3.05) is 18.0 Å². The van der Waals surface area contributed by atoms with Gasteiger partial charge in [0.2, 0.25) is 0 Å². The molecule has 20 heavy (non-hydrogen) atoms. The quantitative estimate of drug-likeness (QED) is 0.701. The second-order valence-corrected chi connectivity index (χ2v) is 5.72. The number of pyridine rings is 1. The molecular formula is C17H31N3. The molecule has 0 aliphatic rings. The molecule has 0 amide bonds. The van der Waals surface area contributed by atoms with Gasteiger partial charge < -0.3 is 10.2 Å². The van der Waals surface area contributed by atoms with Crippen LogP contribution in [0.5, 0.6) is 0 Å². The summed E-state index contributed by atoms with van der Waals surface area (Å²) in [5.74, 6) is 1.17. The van der Waals surface area contributed by atoms with Gasteiger partial charge in [0.1, 0.15) is 5.82 Å². The summed E-state index contributed by atoms with van der Waals surface area (Å²) in [5.41, 5.74) is 1.31. The van der Waals surface area contributed by atoms with E-state index in [0.29, 0.717) is 6.04 Å². The van der Waals surface area contributed by atoms with Gasteiger partial charge in [-0.25, -0.2) is 4.98 Å². The van der Waals surface area contributed by atoms with Gasteiger partial charge in [0.15, 0.2) is 0 Å². The average Bonchev–Trinajstić information content (AvgIpc) is 2.46. The van der Waals surface area contributed by atoms with Crippen LogP contribution in [0.4, 0.5) is 5.82 Å². The summed E-state index contributed by atoms with van der Waals surface area (Å²) < 4.78 is 0. The average molecular weight is 277 g/mol. The molecule has 0 aliphatic heterocycles. The van der Waals surface area contributed by atoms with Gasteiger partial charge in [-0.1, -0.05) is 46.6 Å². The van der Waals surface area contributed by atoms with Crippen LogP contribution in [-0.2, 0) is 6.54 Å². The molecule has 0 fully saturated rings. The Labute approximate surface area is 124 Å². The van der Waals surface area contributed by atoms with E-state index in [9.17, 15) is 0 Å². The summed E-state index contributed by atoms with van der Waals surface area (Å²) in [6, 6.07) is 4.74. The molecule has 1 aromatic heterocycles. The fourth-order valence-corrected chi connectivity index (χ4v) is 2.19. The Kier molecular flexibility index (Phi) is 8.28. The van der Waals surface area contributed by atoms with Crippen LogP contribution in [0.1, 0.15) is 58.9 Å². The van der Waals surface area contributed by atoms with Gasteiger partial charge in [0.25, 0.3) is 0 Å². The molecule has 0 saturated heterocycles. The van der Waals surface area contributed by atoms with E-state index in [-0.39, 0.29) is 0 Å². The van der Waals surface area contributed by atoms with E-state index in [4.69, 9.17) is 0 Å². The zero-order valence-corrected chi connectivity index (χ0v) is 13.7. The Morgan fingerprint density at radius 1 is 1.15 bits per heavy atom. The van der Waals surface area contributed by atoms with Crippen LogP contribution in [0.25, 0.3) is 0 Å². The van der Waals surface area contributed by atoms with Crippen molar-refractivity contribution in [3.8, 4) is 0 Å². The summed E-state index contributed by atoms with van der Waals surface area (Å²) >= 11 is 0. The highest BCUT2D eigenvalue weighted by Gasteiger charge is 2.11. The van der Waals surface area contributed by atoms with Crippen molar-refractivity contribution in [1.82, 2.24) is 10.3 Å². The van der Waals surface area contributed by atoms with Crippen LogP contribution >= 0.6 is 0 Å². The maximum absolute atomic E-state index is 4.65. The molecule has 3 heteroatoms. The van der Waals surface area contributed by atoms with Gasteiger partial charge in [0, 0.05) is 37.4 Å². The molecule has 0 saturated carbocycles. The predicted molar refractivity (Wildman–Crippen MR) is 88.2 cm³/mol. The van der Waals surface area contributed by atoms with Crippen molar-refractivity contribution in [3.63, 3.8) is 0 Å². The Bertz CT molecular complexity index is 355. The standard InChI is InChI=1S/C17H31N3/c1-5-7-12-20(13-8-6-2)17-16(10-9-11-18-17)14-19-15(3)4/h9-11,15,19H,5-8,12-14H2,1-4H3. The van der Waals surface area contributed by atoms with Crippen LogP contribution in [-0.4, -0.2) is 24.1 Å². The zero-order valence-electron chi connectivity index (χ0n) is 13.7. The van der Waals surface area contributed by atoms with Crippen LogP contribution < -0.4 is 10.2 Å². The molecule has 3 nitrogen and oxygen atoms in total. The van der Waals surface area contributed by atoms with Gasteiger partial charge >= 0.3 is 0 Å². The van der Waals surface area contributed by atoms with Crippen LogP contribution in [0.2, 0.25) is 0 Å². The van der Waals surface area contributed by atoms with Crippen molar-refractivity contribution >= 4 is 5.82 Å². The number of hydrogen-bond acceptors (Lipinski definition) is 3. The van der Waals surface area contributed by atoms with Gasteiger partial charge in [-0.15, -0.1) is 0 Å². The Hall–Kier alpha value is -1.09. The number of aromatic nitrogens is 1. The molecule has 0 atom stereocenters. The fourth-order valence-electron chi connectivity index (χ4n) is 2.19. The maximum atomic E-state index is 4.65. The van der Waals surface area contributed by atoms with Crippen molar-refractivity contribution < 1.29 is 0 Å². The summed E-state index contributed by atoms with van der Waals surface area (Å²) in [6.07, 6.45) is 6.85. The van der Waals surface area contributed by atoms with E-state index >= 15 is 0 Å². The molecule has 0 spiro atoms. The van der Waals surface area contributed by atoms with E-state index in [1.54, 1.807) is 0 Å². The number of rotatable bonds is 10. The Morgan fingerprint density at radius 2 is 1.80 bits per heavy atom. The Morgan fingerprint density at radius 3 is 2.35 bits per heavy atom. The lowest BCUT2D eigenvalue weighted by molar-refractivity contribution is 0.584. The molecule has 1 heterocycles. The summed E-state index contributed by atoms with van der Waals surface area (Å²) in [5, 5.41) is 3.50. The molecule has 0 radical (unpaired) electrons. The third-order valence-corrected chi connectivity index (χ3v) is 3.43. The topological polar surface area (TPSA) is 28.2 Å². The smallest absolute Gasteiger partial charge is 0.133 e. The van der Waals surface area contributed by atoms with Crippen LogP contribution in [0.15, 0.2) is 18.3 Å². The second-order valence-electron chi connectivity index (χ2n) is 5.72. The molecule has 114 valence electrons. The highest BCUT2D eigenvalue weighted by molar-refractivity contribution is 5.46. The van der Waals surface area contributed by atoms with Crippen molar-refractivity contribution in [2.24, 2.45) is 0 Å². The third kappa shape index (κ3) is 5.91. The van der Waals surface area contributed by atoms with Crippen LogP contribution in [0.3, 0.4) is 0 Å². The van der Waals surface area contributed by atoms with E-state index in [0.717, 1.165) is 19.6 Å². The van der Waals surface area contributed by atoms with E-state index in [2.05, 4.69) is 49.0 Å². The zero-order chi connectivity index (χ0) is 14.8. The maximum Gasteiger partial charge on any atom is 0.133 e. The number of hydrogen-bond donors (Lipinski definition) is 1. The molecule has 1 aromatic rings. The lowest BCUT2D eigenvalue weighted by atomic mass is 10.2. The predicted octanol–water partition coefficient (Wildman–Crippen LogP) is 3.99. The van der Waals surface area contributed by atoms with E-state index in [1.165, 1.54) is 37.1 Å². The highest BCUT2D eigenvalue weighted by Crippen LogP contribution is 2.18. The van der Waals surface area contributed by atoms with Gasteiger partial charge in [0.05, 0.1) is 0 Å². The number of nitrogens with zero attached hydrogens (tertiary/aromatic N) is 2. The number of nitrogens with one attached hydrogen (secondary N) is 1. The van der Waals surface area contributed by atoms with Gasteiger partial charge in [-0.2, -0.15) is 0 Å². The summed E-state index contributed by atoms with van der Waals surface area (Å²) in [7, 11) is 0. The first-order chi connectivity index (χ1) is 9.69. The van der Waals surface area contributed by atoms with Crippen molar-refractivity contribution in [3.05, 3.63) is 23.9 Å². The van der Waals surface area contributed by atoms with Crippen molar-refractivity contribution in [2.45, 2.75) is 66.0 Å². The lowest BCUT2D eigenvalue weighted by Gasteiger charge is -2.26. The van der Waals surface area contributed by atoms with E-state index in [1.807, 2.05) is 12.3 Å².